The van der Waals surface area contributed by atoms with Crippen LogP contribution in [0.4, 0.5) is 5.69 Å². The number of hydrogen-bond acceptors (Lipinski definition) is 2. The van der Waals surface area contributed by atoms with Crippen LogP contribution in [-0.2, 0) is 6.54 Å². The third kappa shape index (κ3) is 4.18. The van der Waals surface area contributed by atoms with E-state index in [-0.39, 0.29) is 5.91 Å². The van der Waals surface area contributed by atoms with Crippen LogP contribution >= 0.6 is 0 Å². The first-order chi connectivity index (χ1) is 14.5. The van der Waals surface area contributed by atoms with Crippen molar-refractivity contribution in [3.05, 3.63) is 107 Å². The summed E-state index contributed by atoms with van der Waals surface area (Å²) in [5, 5.41) is 7.68. The number of nitrogens with one attached hydrogen (secondary N) is 1. The number of rotatable bonds is 5. The molecular weight excluding hydrogens is 370 g/mol. The van der Waals surface area contributed by atoms with Gasteiger partial charge in [-0.25, -0.2) is 0 Å². The average molecular weight is 396 g/mol. The van der Waals surface area contributed by atoms with E-state index in [1.807, 2.05) is 61.0 Å². The third-order valence-corrected chi connectivity index (χ3v) is 5.33. The molecule has 30 heavy (non-hydrogen) atoms. The molecule has 4 aromatic rings. The maximum Gasteiger partial charge on any atom is 0.255 e. The van der Waals surface area contributed by atoms with Crippen molar-refractivity contribution in [1.29, 1.82) is 0 Å². The monoisotopic (exact) mass is 395 g/mol. The number of aromatic nitrogens is 2. The predicted molar refractivity (Wildman–Crippen MR) is 122 cm³/mol. The standard InChI is InChI=1S/C26H25N3O/c1-18-9-11-21(12-10-18)17-29-20(3)25(19(2)28-29)27-26(30)24-15-13-23(14-16-24)22-7-5-4-6-8-22/h4-16H,17H2,1-3H3,(H,27,30). The number of carbonyl (C=O) groups excluding carboxylic acids is 1. The van der Waals surface area contributed by atoms with Gasteiger partial charge in [0, 0.05) is 5.56 Å². The van der Waals surface area contributed by atoms with Crippen molar-refractivity contribution < 1.29 is 4.79 Å². The second-order valence-corrected chi connectivity index (χ2v) is 7.59. The van der Waals surface area contributed by atoms with E-state index in [4.69, 9.17) is 0 Å². The molecule has 0 unspecified atom stereocenters. The molecule has 4 nitrogen and oxygen atoms in total. The Morgan fingerprint density at radius 2 is 1.47 bits per heavy atom. The van der Waals surface area contributed by atoms with Crippen LogP contribution in [0.25, 0.3) is 11.1 Å². The maximum atomic E-state index is 12.8. The van der Waals surface area contributed by atoms with Crippen LogP contribution < -0.4 is 5.32 Å². The van der Waals surface area contributed by atoms with Gasteiger partial charge in [-0.2, -0.15) is 5.10 Å². The number of nitrogens with zero attached hydrogens (tertiary/aromatic N) is 2. The van der Waals surface area contributed by atoms with Gasteiger partial charge >= 0.3 is 0 Å². The van der Waals surface area contributed by atoms with Crippen LogP contribution in [0.5, 0.6) is 0 Å². The van der Waals surface area contributed by atoms with Gasteiger partial charge in [-0.1, -0.05) is 72.3 Å². The largest absolute Gasteiger partial charge is 0.319 e. The highest BCUT2D eigenvalue weighted by molar-refractivity contribution is 6.05. The summed E-state index contributed by atoms with van der Waals surface area (Å²) in [6.07, 6.45) is 0. The van der Waals surface area contributed by atoms with Crippen molar-refractivity contribution in [2.45, 2.75) is 27.3 Å². The number of amides is 1. The molecule has 0 aliphatic heterocycles. The Balaban J connectivity index is 1.50. The zero-order valence-corrected chi connectivity index (χ0v) is 17.5. The lowest BCUT2D eigenvalue weighted by Crippen LogP contribution is -2.13. The minimum Gasteiger partial charge on any atom is -0.319 e. The van der Waals surface area contributed by atoms with Crippen molar-refractivity contribution in [1.82, 2.24) is 9.78 Å². The molecule has 0 spiro atoms. The van der Waals surface area contributed by atoms with Crippen LogP contribution in [0.3, 0.4) is 0 Å². The molecule has 0 saturated carbocycles. The molecule has 0 atom stereocenters. The maximum absolute atomic E-state index is 12.8. The van der Waals surface area contributed by atoms with Gasteiger partial charge in [-0.05, 0) is 49.6 Å². The minimum atomic E-state index is -0.129. The lowest BCUT2D eigenvalue weighted by molar-refractivity contribution is 0.102. The smallest absolute Gasteiger partial charge is 0.255 e. The van der Waals surface area contributed by atoms with Crippen LogP contribution in [0, 0.1) is 20.8 Å². The molecule has 3 aromatic carbocycles. The quantitative estimate of drug-likeness (QED) is 0.466. The summed E-state index contributed by atoms with van der Waals surface area (Å²) < 4.78 is 1.94. The number of anilines is 1. The Labute approximate surface area is 177 Å². The molecule has 0 fully saturated rings. The van der Waals surface area contributed by atoms with Crippen molar-refractivity contribution in [2.24, 2.45) is 0 Å². The summed E-state index contributed by atoms with van der Waals surface area (Å²) in [6.45, 7) is 6.66. The van der Waals surface area contributed by atoms with Crippen LogP contribution in [-0.4, -0.2) is 15.7 Å². The average Bonchev–Trinajstić information content (AvgIpc) is 3.03. The van der Waals surface area contributed by atoms with E-state index >= 15 is 0 Å². The summed E-state index contributed by atoms with van der Waals surface area (Å²) in [4.78, 5) is 12.8. The Hall–Kier alpha value is -3.66. The number of aryl methyl sites for hydroxylation is 2. The van der Waals surface area contributed by atoms with Crippen LogP contribution in [0.15, 0.2) is 78.9 Å². The molecule has 0 saturated heterocycles. The Bertz CT molecular complexity index is 1160. The van der Waals surface area contributed by atoms with E-state index in [2.05, 4.69) is 53.7 Å². The van der Waals surface area contributed by atoms with Crippen LogP contribution in [0.1, 0.15) is 32.9 Å². The SMILES string of the molecule is Cc1ccc(Cn2nc(C)c(NC(=O)c3ccc(-c4ccccc4)cc3)c2C)cc1. The molecule has 0 aliphatic carbocycles. The molecule has 150 valence electrons. The molecule has 1 aromatic heterocycles. The number of carbonyl (C=O) groups is 1. The summed E-state index contributed by atoms with van der Waals surface area (Å²) in [5.74, 6) is -0.129. The first-order valence-electron chi connectivity index (χ1n) is 10.1. The van der Waals surface area contributed by atoms with Gasteiger partial charge in [0.1, 0.15) is 0 Å². The number of hydrogen-bond donors (Lipinski definition) is 1. The first-order valence-corrected chi connectivity index (χ1v) is 10.1. The molecule has 0 bridgehead atoms. The fourth-order valence-electron chi connectivity index (χ4n) is 3.53. The molecule has 4 heteroatoms. The summed E-state index contributed by atoms with van der Waals surface area (Å²) >= 11 is 0. The lowest BCUT2D eigenvalue weighted by atomic mass is 10.0. The molecule has 1 amide bonds. The zero-order valence-electron chi connectivity index (χ0n) is 17.5. The predicted octanol–water partition coefficient (Wildman–Crippen LogP) is 5.78. The van der Waals surface area contributed by atoms with Crippen LogP contribution in [0.2, 0.25) is 0 Å². The van der Waals surface area contributed by atoms with Crippen molar-refractivity contribution in [3.8, 4) is 11.1 Å². The second-order valence-electron chi connectivity index (χ2n) is 7.59. The molecular formula is C26H25N3O. The first kappa shape index (κ1) is 19.6. The number of benzene rings is 3. The molecule has 1 heterocycles. The highest BCUT2D eigenvalue weighted by Gasteiger charge is 2.15. The molecule has 4 rings (SSSR count). The fourth-order valence-corrected chi connectivity index (χ4v) is 3.53. The van der Waals surface area contributed by atoms with Crippen molar-refractivity contribution in [3.63, 3.8) is 0 Å². The molecule has 1 N–H and O–H groups in total. The zero-order chi connectivity index (χ0) is 21.1. The fraction of sp³-hybridized carbons (Fsp3) is 0.154. The van der Waals surface area contributed by atoms with Crippen molar-refractivity contribution >= 4 is 11.6 Å². The summed E-state index contributed by atoms with van der Waals surface area (Å²) in [7, 11) is 0. The summed E-state index contributed by atoms with van der Waals surface area (Å²) in [5.41, 5.74) is 7.80. The van der Waals surface area contributed by atoms with E-state index in [9.17, 15) is 4.79 Å². The van der Waals surface area contributed by atoms with Gasteiger partial charge in [0.05, 0.1) is 23.6 Å². The lowest BCUT2D eigenvalue weighted by Gasteiger charge is -2.08. The van der Waals surface area contributed by atoms with E-state index in [1.165, 1.54) is 11.1 Å². The Morgan fingerprint density at radius 3 is 2.13 bits per heavy atom. The van der Waals surface area contributed by atoms with Gasteiger partial charge < -0.3 is 5.32 Å². The third-order valence-electron chi connectivity index (χ3n) is 5.33. The van der Waals surface area contributed by atoms with Gasteiger partial charge in [-0.15, -0.1) is 0 Å². The van der Waals surface area contributed by atoms with Gasteiger partial charge in [-0.3, -0.25) is 9.48 Å². The van der Waals surface area contributed by atoms with Gasteiger partial charge in [0.2, 0.25) is 0 Å². The Morgan fingerprint density at radius 1 is 0.833 bits per heavy atom. The van der Waals surface area contributed by atoms with Crippen molar-refractivity contribution in [2.75, 3.05) is 5.32 Å². The topological polar surface area (TPSA) is 46.9 Å². The minimum absolute atomic E-state index is 0.129. The van der Waals surface area contributed by atoms with Gasteiger partial charge in [0.15, 0.2) is 0 Å². The Kier molecular flexibility index (Phi) is 5.48. The molecule has 0 aliphatic rings. The van der Waals surface area contributed by atoms with E-state index < -0.39 is 0 Å². The normalized spacial score (nSPS) is 10.8. The van der Waals surface area contributed by atoms with E-state index in [1.54, 1.807) is 0 Å². The van der Waals surface area contributed by atoms with E-state index in [0.717, 1.165) is 28.2 Å². The highest BCUT2D eigenvalue weighted by atomic mass is 16.1. The highest BCUT2D eigenvalue weighted by Crippen LogP contribution is 2.23. The van der Waals surface area contributed by atoms with Gasteiger partial charge in [0.25, 0.3) is 5.91 Å². The summed E-state index contributed by atoms with van der Waals surface area (Å²) in [6, 6.07) is 26.2. The second kappa shape index (κ2) is 8.37. The van der Waals surface area contributed by atoms with E-state index in [0.29, 0.717) is 12.1 Å². The molecule has 0 radical (unpaired) electrons.